The molecule has 3 aromatic carbocycles. The topological polar surface area (TPSA) is 32.7 Å². The first-order valence-electron chi connectivity index (χ1n) is 10.8. The molecular formula is C25H20ClF8NO2. The Hall–Kier alpha value is -3.05. The third kappa shape index (κ3) is 6.64. The smallest absolute Gasteiger partial charge is 0.457 e. The van der Waals surface area contributed by atoms with E-state index in [1.807, 2.05) is 6.92 Å². The molecule has 0 radical (unpaired) electrons. The Morgan fingerprint density at radius 3 is 2.03 bits per heavy atom. The number of rotatable bonds is 8. The second kappa shape index (κ2) is 10.7. The van der Waals surface area contributed by atoms with Crippen molar-refractivity contribution >= 4 is 23.0 Å². The number of hydrogen-bond donors (Lipinski definition) is 1. The van der Waals surface area contributed by atoms with Crippen LogP contribution in [0.25, 0.3) is 0 Å². The van der Waals surface area contributed by atoms with E-state index in [0.29, 0.717) is 29.3 Å². The van der Waals surface area contributed by atoms with Crippen molar-refractivity contribution in [1.29, 1.82) is 0 Å². The molecule has 0 spiro atoms. The van der Waals surface area contributed by atoms with Crippen LogP contribution < -0.4 is 9.64 Å². The van der Waals surface area contributed by atoms with Crippen molar-refractivity contribution < 1.29 is 45.0 Å². The maximum Gasteiger partial charge on any atom is 0.458 e. The first kappa shape index (κ1) is 28.5. The molecule has 200 valence electrons. The van der Waals surface area contributed by atoms with Gasteiger partial charge in [-0.25, -0.2) is 0 Å². The van der Waals surface area contributed by atoms with Gasteiger partial charge in [-0.3, -0.25) is 0 Å². The fraction of sp³-hybridized carbons (Fsp3) is 0.280. The lowest BCUT2D eigenvalue weighted by molar-refractivity contribution is -0.289. The van der Waals surface area contributed by atoms with Crippen molar-refractivity contribution in [2.45, 2.75) is 37.7 Å². The Morgan fingerprint density at radius 1 is 0.838 bits per heavy atom. The Kier molecular flexibility index (Phi) is 8.28. The summed E-state index contributed by atoms with van der Waals surface area (Å²) in [5.41, 5.74) is -1.18. The highest BCUT2D eigenvalue weighted by molar-refractivity contribution is 6.31. The average Bonchev–Trinajstić information content (AvgIpc) is 2.82. The molecule has 0 aliphatic rings. The van der Waals surface area contributed by atoms with E-state index in [1.165, 1.54) is 24.3 Å². The van der Waals surface area contributed by atoms with E-state index in [9.17, 15) is 40.2 Å². The maximum atomic E-state index is 14.0. The van der Waals surface area contributed by atoms with Gasteiger partial charge in [-0.1, -0.05) is 36.7 Å². The van der Waals surface area contributed by atoms with E-state index in [2.05, 4.69) is 0 Å². The standard InChI is InChI=1S/C25H20ClF8NO2/c1-2-15-11-20(9-10-21(15)26)37-19-8-4-7-18(13-19)35(14-22(36)24(29,30)31)17-6-3-5-16(12-17)23(27,28)25(32,33)34/h3-13,22,36H,2,14H2,1H3. The van der Waals surface area contributed by atoms with Gasteiger partial charge < -0.3 is 14.7 Å². The maximum absolute atomic E-state index is 14.0. The van der Waals surface area contributed by atoms with E-state index in [0.717, 1.165) is 22.6 Å². The van der Waals surface area contributed by atoms with Crippen molar-refractivity contribution in [1.82, 2.24) is 0 Å². The Labute approximate surface area is 211 Å². The van der Waals surface area contributed by atoms with Crippen LogP contribution in [0.3, 0.4) is 0 Å². The molecule has 3 aromatic rings. The Balaban J connectivity index is 2.04. The summed E-state index contributed by atoms with van der Waals surface area (Å²) in [6, 6.07) is 13.1. The first-order chi connectivity index (χ1) is 17.1. The van der Waals surface area contributed by atoms with Crippen LogP contribution in [0.5, 0.6) is 11.5 Å². The zero-order chi connectivity index (χ0) is 27.6. The largest absolute Gasteiger partial charge is 0.458 e. The molecule has 1 atom stereocenters. The van der Waals surface area contributed by atoms with Crippen LogP contribution in [-0.4, -0.2) is 30.1 Å². The number of hydrogen-bond acceptors (Lipinski definition) is 3. The second-order valence-corrected chi connectivity index (χ2v) is 8.40. The fourth-order valence-corrected chi connectivity index (χ4v) is 3.66. The molecular weight excluding hydrogens is 534 g/mol. The minimum Gasteiger partial charge on any atom is -0.457 e. The van der Waals surface area contributed by atoms with Crippen LogP contribution in [0, 0.1) is 0 Å². The normalized spacial score (nSPS) is 13.4. The summed E-state index contributed by atoms with van der Waals surface area (Å²) in [5.74, 6) is -4.77. The molecule has 0 saturated carbocycles. The van der Waals surface area contributed by atoms with E-state index >= 15 is 0 Å². The van der Waals surface area contributed by atoms with Gasteiger partial charge in [-0.15, -0.1) is 0 Å². The molecule has 1 N–H and O–H groups in total. The summed E-state index contributed by atoms with van der Waals surface area (Å²) in [7, 11) is 0. The number of alkyl halides is 8. The zero-order valence-corrected chi connectivity index (χ0v) is 19.8. The molecule has 3 nitrogen and oxygen atoms in total. The highest BCUT2D eigenvalue weighted by atomic mass is 35.5. The lowest BCUT2D eigenvalue weighted by Gasteiger charge is -2.30. The number of benzene rings is 3. The third-order valence-electron chi connectivity index (χ3n) is 5.37. The lowest BCUT2D eigenvalue weighted by atomic mass is 10.1. The molecule has 3 rings (SSSR count). The monoisotopic (exact) mass is 553 g/mol. The van der Waals surface area contributed by atoms with Crippen molar-refractivity contribution in [2.75, 3.05) is 11.4 Å². The lowest BCUT2D eigenvalue weighted by Crippen LogP contribution is -2.39. The highest BCUT2D eigenvalue weighted by Crippen LogP contribution is 2.45. The summed E-state index contributed by atoms with van der Waals surface area (Å²) in [6.07, 6.45) is -13.4. The predicted octanol–water partition coefficient (Wildman–Crippen LogP) is 8.41. The van der Waals surface area contributed by atoms with E-state index in [1.54, 1.807) is 18.2 Å². The number of ether oxygens (including phenoxy) is 1. The fourth-order valence-electron chi connectivity index (χ4n) is 3.41. The highest BCUT2D eigenvalue weighted by Gasteiger charge is 2.58. The van der Waals surface area contributed by atoms with Gasteiger partial charge >= 0.3 is 18.3 Å². The molecule has 0 aliphatic carbocycles. The molecule has 0 bridgehead atoms. The van der Waals surface area contributed by atoms with Crippen LogP contribution in [0.4, 0.5) is 46.5 Å². The summed E-state index contributed by atoms with van der Waals surface area (Å²) in [4.78, 5) is 0.778. The molecule has 0 fully saturated rings. The van der Waals surface area contributed by atoms with Crippen molar-refractivity contribution in [3.63, 3.8) is 0 Å². The number of anilines is 2. The van der Waals surface area contributed by atoms with Crippen molar-refractivity contribution in [2.24, 2.45) is 0 Å². The predicted molar refractivity (Wildman–Crippen MR) is 123 cm³/mol. The number of halogens is 9. The van der Waals surface area contributed by atoms with Crippen LogP contribution >= 0.6 is 11.6 Å². The summed E-state index contributed by atoms with van der Waals surface area (Å²) < 4.78 is 112. The van der Waals surface area contributed by atoms with Crippen molar-refractivity contribution in [3.8, 4) is 11.5 Å². The van der Waals surface area contributed by atoms with E-state index < -0.39 is 42.2 Å². The molecule has 1 unspecified atom stereocenters. The van der Waals surface area contributed by atoms with Gasteiger partial charge in [0.25, 0.3) is 0 Å². The van der Waals surface area contributed by atoms with Crippen molar-refractivity contribution in [3.05, 3.63) is 82.9 Å². The minimum absolute atomic E-state index is 0.0575. The zero-order valence-electron chi connectivity index (χ0n) is 19.0. The van der Waals surface area contributed by atoms with Gasteiger partial charge in [0.15, 0.2) is 6.10 Å². The molecule has 37 heavy (non-hydrogen) atoms. The molecule has 0 heterocycles. The van der Waals surface area contributed by atoms with Gasteiger partial charge in [-0.2, -0.15) is 35.1 Å². The molecule has 0 saturated heterocycles. The first-order valence-corrected chi connectivity index (χ1v) is 11.1. The SMILES string of the molecule is CCc1cc(Oc2cccc(N(CC(O)C(F)(F)F)c3cccc(C(F)(F)C(F)(F)F)c3)c2)ccc1Cl. The molecule has 12 heteroatoms. The van der Waals surface area contributed by atoms with E-state index in [-0.39, 0.29) is 11.4 Å². The third-order valence-corrected chi connectivity index (χ3v) is 5.74. The summed E-state index contributed by atoms with van der Waals surface area (Å²) in [5, 5.41) is 10.2. The summed E-state index contributed by atoms with van der Waals surface area (Å²) in [6.45, 7) is 0.681. The van der Waals surface area contributed by atoms with E-state index in [4.69, 9.17) is 16.3 Å². The Morgan fingerprint density at radius 2 is 1.43 bits per heavy atom. The number of aliphatic hydroxyl groups is 1. The quantitative estimate of drug-likeness (QED) is 0.284. The Bertz CT molecular complexity index is 1230. The van der Waals surface area contributed by atoms with Gasteiger partial charge in [0.1, 0.15) is 11.5 Å². The average molecular weight is 554 g/mol. The van der Waals surface area contributed by atoms with Gasteiger partial charge in [-0.05, 0) is 54.4 Å². The molecule has 0 aliphatic heterocycles. The number of nitrogens with zero attached hydrogens (tertiary/aromatic N) is 1. The molecule has 0 amide bonds. The van der Waals surface area contributed by atoms with Gasteiger partial charge in [0.2, 0.25) is 0 Å². The van der Waals surface area contributed by atoms with Gasteiger partial charge in [0.05, 0.1) is 6.54 Å². The van der Waals surface area contributed by atoms with Crippen LogP contribution in [0.2, 0.25) is 5.02 Å². The van der Waals surface area contributed by atoms with Crippen LogP contribution in [-0.2, 0) is 12.3 Å². The molecule has 0 aromatic heterocycles. The van der Waals surface area contributed by atoms with Crippen LogP contribution in [0.1, 0.15) is 18.1 Å². The number of aliphatic hydroxyl groups excluding tert-OH is 1. The second-order valence-electron chi connectivity index (χ2n) is 8.00. The van der Waals surface area contributed by atoms with Gasteiger partial charge in [0, 0.05) is 28.0 Å². The minimum atomic E-state index is -5.92. The van der Waals surface area contributed by atoms with Crippen LogP contribution in [0.15, 0.2) is 66.7 Å². The number of aryl methyl sites for hydroxylation is 1. The summed E-state index contributed by atoms with van der Waals surface area (Å²) >= 11 is 6.09.